The maximum atomic E-state index is 12.8. The van der Waals surface area contributed by atoms with Gasteiger partial charge in [0.1, 0.15) is 5.82 Å². The highest BCUT2D eigenvalue weighted by Gasteiger charge is 2.30. The van der Waals surface area contributed by atoms with Gasteiger partial charge in [-0.1, -0.05) is 18.2 Å². The molecule has 2 aromatic rings. The number of benzene rings is 1. The quantitative estimate of drug-likeness (QED) is 0.940. The lowest BCUT2D eigenvalue weighted by Crippen LogP contribution is -2.51. The molecule has 0 unspecified atom stereocenters. The highest BCUT2D eigenvalue weighted by Crippen LogP contribution is 2.26. The fourth-order valence-electron chi connectivity index (χ4n) is 3.91. The number of nitrogens with one attached hydrogen (secondary N) is 1. The second-order valence-electron chi connectivity index (χ2n) is 6.75. The SMILES string of the molecule is O=C1[C@H](NC[C@H]2CCCn3ccnc32)CCCN1c1ccccc1. The van der Waals surface area contributed by atoms with Crippen LogP contribution in [0.5, 0.6) is 0 Å². The van der Waals surface area contributed by atoms with Gasteiger partial charge in [-0.2, -0.15) is 0 Å². The molecule has 1 N–H and O–H groups in total. The number of aromatic nitrogens is 2. The van der Waals surface area contributed by atoms with E-state index in [9.17, 15) is 4.79 Å². The molecular weight excluding hydrogens is 300 g/mol. The monoisotopic (exact) mass is 324 g/mol. The normalized spacial score (nSPS) is 24.0. The lowest BCUT2D eigenvalue weighted by molar-refractivity contribution is -0.121. The van der Waals surface area contributed by atoms with E-state index in [1.54, 1.807) is 0 Å². The summed E-state index contributed by atoms with van der Waals surface area (Å²) in [6.45, 7) is 2.71. The summed E-state index contributed by atoms with van der Waals surface area (Å²) in [6, 6.07) is 9.91. The predicted octanol–water partition coefficient (Wildman–Crippen LogP) is 2.55. The molecule has 1 saturated heterocycles. The van der Waals surface area contributed by atoms with Crippen LogP contribution in [0.15, 0.2) is 42.7 Å². The van der Waals surface area contributed by atoms with Crippen molar-refractivity contribution in [3.8, 4) is 0 Å². The minimum absolute atomic E-state index is 0.0794. The number of hydrogen-bond acceptors (Lipinski definition) is 3. The van der Waals surface area contributed by atoms with Crippen LogP contribution in [-0.4, -0.2) is 34.6 Å². The number of aryl methyl sites for hydroxylation is 1. The van der Waals surface area contributed by atoms with Gasteiger partial charge in [-0.3, -0.25) is 4.79 Å². The Morgan fingerprint density at radius 1 is 1.12 bits per heavy atom. The van der Waals surface area contributed by atoms with Crippen molar-refractivity contribution in [3.63, 3.8) is 0 Å². The maximum Gasteiger partial charge on any atom is 0.244 e. The van der Waals surface area contributed by atoms with Crippen LogP contribution >= 0.6 is 0 Å². The molecule has 5 nitrogen and oxygen atoms in total. The number of nitrogens with zero attached hydrogens (tertiary/aromatic N) is 3. The van der Waals surface area contributed by atoms with E-state index in [1.165, 1.54) is 6.42 Å². The first-order chi connectivity index (χ1) is 11.8. The van der Waals surface area contributed by atoms with Gasteiger partial charge in [-0.25, -0.2) is 4.98 Å². The summed E-state index contributed by atoms with van der Waals surface area (Å²) in [7, 11) is 0. The van der Waals surface area contributed by atoms with Crippen LogP contribution in [0.25, 0.3) is 0 Å². The van der Waals surface area contributed by atoms with Gasteiger partial charge in [0, 0.05) is 43.6 Å². The molecule has 5 heteroatoms. The molecule has 1 aromatic heterocycles. The van der Waals surface area contributed by atoms with Crippen molar-refractivity contribution in [1.29, 1.82) is 0 Å². The molecular formula is C19H24N4O. The second kappa shape index (κ2) is 6.77. The smallest absolute Gasteiger partial charge is 0.244 e. The van der Waals surface area contributed by atoms with Gasteiger partial charge in [-0.05, 0) is 37.8 Å². The fraction of sp³-hybridized carbons (Fsp3) is 0.474. The highest BCUT2D eigenvalue weighted by molar-refractivity contribution is 5.97. The Labute approximate surface area is 142 Å². The van der Waals surface area contributed by atoms with Gasteiger partial charge in [0.25, 0.3) is 0 Å². The number of carbonyl (C=O) groups excluding carboxylic acids is 1. The van der Waals surface area contributed by atoms with Crippen LogP contribution in [0.1, 0.15) is 37.4 Å². The van der Waals surface area contributed by atoms with E-state index >= 15 is 0 Å². The molecule has 0 radical (unpaired) electrons. The molecule has 4 rings (SSSR count). The molecule has 0 saturated carbocycles. The van der Waals surface area contributed by atoms with E-state index in [2.05, 4.69) is 21.1 Å². The summed E-state index contributed by atoms with van der Waals surface area (Å²) < 4.78 is 2.24. The van der Waals surface area contributed by atoms with Crippen LogP contribution in [0, 0.1) is 0 Å². The van der Waals surface area contributed by atoms with Crippen molar-refractivity contribution in [1.82, 2.24) is 14.9 Å². The maximum absolute atomic E-state index is 12.8. The zero-order chi connectivity index (χ0) is 16.4. The lowest BCUT2D eigenvalue weighted by Gasteiger charge is -2.34. The molecule has 1 aromatic carbocycles. The van der Waals surface area contributed by atoms with Gasteiger partial charge in [0.15, 0.2) is 0 Å². The number of amides is 1. The van der Waals surface area contributed by atoms with Gasteiger partial charge in [0.2, 0.25) is 5.91 Å². The minimum Gasteiger partial charge on any atom is -0.335 e. The number of rotatable bonds is 4. The molecule has 2 aliphatic heterocycles. The highest BCUT2D eigenvalue weighted by atomic mass is 16.2. The third-order valence-electron chi connectivity index (χ3n) is 5.18. The first-order valence-corrected chi connectivity index (χ1v) is 8.94. The van der Waals surface area contributed by atoms with Gasteiger partial charge >= 0.3 is 0 Å². The Balaban J connectivity index is 1.41. The van der Waals surface area contributed by atoms with E-state index in [0.717, 1.165) is 50.4 Å². The lowest BCUT2D eigenvalue weighted by atomic mass is 9.97. The first kappa shape index (κ1) is 15.4. The van der Waals surface area contributed by atoms with Crippen molar-refractivity contribution >= 4 is 11.6 Å². The topological polar surface area (TPSA) is 50.2 Å². The summed E-state index contributed by atoms with van der Waals surface area (Å²) in [5.74, 6) is 1.78. The van der Waals surface area contributed by atoms with Gasteiger partial charge in [0.05, 0.1) is 6.04 Å². The Bertz CT molecular complexity index is 696. The number of para-hydroxylation sites is 1. The molecule has 0 aliphatic carbocycles. The van der Waals surface area contributed by atoms with Crippen molar-refractivity contribution in [2.75, 3.05) is 18.0 Å². The van der Waals surface area contributed by atoms with Crippen LogP contribution in [0.4, 0.5) is 5.69 Å². The number of piperidine rings is 1. The van der Waals surface area contributed by atoms with Crippen LogP contribution in [-0.2, 0) is 11.3 Å². The zero-order valence-electron chi connectivity index (χ0n) is 13.9. The molecule has 3 heterocycles. The van der Waals surface area contributed by atoms with E-state index < -0.39 is 0 Å². The largest absolute Gasteiger partial charge is 0.335 e. The third kappa shape index (κ3) is 2.96. The standard InChI is InChI=1S/C19H24N4O/c24-19-17(9-5-12-23(19)16-7-2-1-3-8-16)21-14-15-6-4-11-22-13-10-20-18(15)22/h1-3,7-8,10,13,15,17,21H,4-6,9,11-12,14H2/t15-,17-/m1/s1. The predicted molar refractivity (Wildman–Crippen MR) is 94.0 cm³/mol. The Hall–Kier alpha value is -2.14. The molecule has 126 valence electrons. The van der Waals surface area contributed by atoms with Crippen molar-refractivity contribution in [2.24, 2.45) is 0 Å². The molecule has 1 fully saturated rings. The van der Waals surface area contributed by atoms with Crippen LogP contribution in [0.2, 0.25) is 0 Å². The Morgan fingerprint density at radius 3 is 2.83 bits per heavy atom. The number of anilines is 1. The fourth-order valence-corrected chi connectivity index (χ4v) is 3.91. The molecule has 2 aliphatic rings. The summed E-state index contributed by atoms with van der Waals surface area (Å²) >= 11 is 0. The van der Waals surface area contributed by atoms with E-state index in [-0.39, 0.29) is 11.9 Å². The molecule has 1 amide bonds. The summed E-state index contributed by atoms with van der Waals surface area (Å²) in [6.07, 6.45) is 8.24. The molecule has 0 spiro atoms. The Kier molecular flexibility index (Phi) is 4.34. The van der Waals surface area contributed by atoms with E-state index in [4.69, 9.17) is 0 Å². The molecule has 2 atom stereocenters. The van der Waals surface area contributed by atoms with Crippen LogP contribution < -0.4 is 10.2 Å². The average molecular weight is 324 g/mol. The first-order valence-electron chi connectivity index (χ1n) is 8.94. The Morgan fingerprint density at radius 2 is 1.96 bits per heavy atom. The zero-order valence-corrected chi connectivity index (χ0v) is 13.9. The number of carbonyl (C=O) groups is 1. The minimum atomic E-state index is -0.0794. The van der Waals surface area contributed by atoms with Crippen molar-refractivity contribution in [2.45, 2.75) is 44.2 Å². The van der Waals surface area contributed by atoms with E-state index in [1.807, 2.05) is 41.4 Å². The number of imidazole rings is 1. The van der Waals surface area contributed by atoms with E-state index in [0.29, 0.717) is 5.92 Å². The second-order valence-corrected chi connectivity index (χ2v) is 6.75. The summed E-state index contributed by atoms with van der Waals surface area (Å²) in [5.41, 5.74) is 1.00. The summed E-state index contributed by atoms with van der Waals surface area (Å²) in [4.78, 5) is 19.3. The summed E-state index contributed by atoms with van der Waals surface area (Å²) in [5, 5.41) is 3.53. The van der Waals surface area contributed by atoms with Crippen molar-refractivity contribution < 1.29 is 4.79 Å². The van der Waals surface area contributed by atoms with Gasteiger partial charge in [-0.15, -0.1) is 0 Å². The molecule has 0 bridgehead atoms. The molecule has 24 heavy (non-hydrogen) atoms. The third-order valence-corrected chi connectivity index (χ3v) is 5.18. The average Bonchev–Trinajstić information content (AvgIpc) is 3.11. The number of fused-ring (bicyclic) bond motifs is 1. The number of hydrogen-bond donors (Lipinski definition) is 1. The van der Waals surface area contributed by atoms with Crippen LogP contribution in [0.3, 0.4) is 0 Å². The van der Waals surface area contributed by atoms with Gasteiger partial charge < -0.3 is 14.8 Å². The van der Waals surface area contributed by atoms with Crippen molar-refractivity contribution in [3.05, 3.63) is 48.5 Å².